The Balaban J connectivity index is 0.000000184. The highest BCUT2D eigenvalue weighted by Gasteiger charge is 2.20. The van der Waals surface area contributed by atoms with Crippen molar-refractivity contribution in [2.45, 2.75) is 6.92 Å². The van der Waals surface area contributed by atoms with Gasteiger partial charge < -0.3 is 5.73 Å². The molecule has 0 aliphatic rings. The van der Waals surface area contributed by atoms with E-state index in [4.69, 9.17) is 26.1 Å². The summed E-state index contributed by atoms with van der Waals surface area (Å²) < 4.78 is 6.15. The molecule has 3 N–H and O–H groups in total. The van der Waals surface area contributed by atoms with Gasteiger partial charge in [0.2, 0.25) is 0 Å². The van der Waals surface area contributed by atoms with Crippen LogP contribution in [0, 0.1) is 12.3 Å². The molecule has 0 amide bonds. The second kappa shape index (κ2) is 14.5. The first kappa shape index (κ1) is 34.9. The number of aromatic nitrogens is 3. The fourth-order valence-corrected chi connectivity index (χ4v) is 10.9. The third kappa shape index (κ3) is 6.24. The van der Waals surface area contributed by atoms with Crippen LogP contribution < -0.4 is 5.73 Å². The molecule has 0 unspecified atom stereocenters. The lowest BCUT2D eigenvalue weighted by Crippen LogP contribution is -2.01. The van der Waals surface area contributed by atoms with Crippen LogP contribution in [-0.2, 0) is 0 Å². The van der Waals surface area contributed by atoms with Gasteiger partial charge in [-0.25, -0.2) is 15.0 Å². The third-order valence-electron chi connectivity index (χ3n) is 10.2. The molecule has 0 spiro atoms. The summed E-state index contributed by atoms with van der Waals surface area (Å²) in [7, 11) is 0. The summed E-state index contributed by atoms with van der Waals surface area (Å²) in [5.41, 5.74) is 12.6. The number of aryl methyl sites for hydroxylation is 1. The van der Waals surface area contributed by atoms with Crippen molar-refractivity contribution in [2.24, 2.45) is 0 Å². The SMILES string of the molecule is Cc1cccc2sc3cccc(-c4nc(-c5ccccc5)nc(-c5cccc6sc7ccccc7c56)n4)c3c12.N=C(c1ccccc1)c1sc2ccccc2c1N. The second-order valence-corrected chi connectivity index (χ2v) is 17.0. The van der Waals surface area contributed by atoms with Crippen molar-refractivity contribution in [3.63, 3.8) is 0 Å². The van der Waals surface area contributed by atoms with Gasteiger partial charge in [0.05, 0.1) is 16.3 Å². The predicted molar refractivity (Wildman–Crippen MR) is 245 cm³/mol. The summed E-state index contributed by atoms with van der Waals surface area (Å²) in [5.74, 6) is 2.07. The Morgan fingerprint density at radius 3 is 1.63 bits per heavy atom. The van der Waals surface area contributed by atoms with Crippen LogP contribution in [0.4, 0.5) is 5.69 Å². The Kier molecular flexibility index (Phi) is 8.87. The number of hydrogen-bond acceptors (Lipinski definition) is 8. The van der Waals surface area contributed by atoms with Gasteiger partial charge in [-0.3, -0.25) is 5.41 Å². The zero-order valence-electron chi connectivity index (χ0n) is 30.7. The predicted octanol–water partition coefficient (Wildman–Crippen LogP) is 13.8. The normalized spacial score (nSPS) is 11.4. The van der Waals surface area contributed by atoms with Crippen LogP contribution in [0.5, 0.6) is 0 Å². The van der Waals surface area contributed by atoms with E-state index in [1.165, 1.54) is 45.9 Å². The molecule has 272 valence electrons. The van der Waals surface area contributed by atoms with E-state index in [0.717, 1.165) is 37.2 Å². The van der Waals surface area contributed by atoms with Crippen LogP contribution in [0.15, 0.2) is 164 Å². The van der Waals surface area contributed by atoms with Gasteiger partial charge in [0, 0.05) is 72.7 Å². The first-order chi connectivity index (χ1) is 28.0. The molecule has 57 heavy (non-hydrogen) atoms. The topological polar surface area (TPSA) is 88.5 Å². The van der Waals surface area contributed by atoms with Gasteiger partial charge in [0.1, 0.15) is 0 Å². The molecule has 0 bridgehead atoms. The second-order valence-electron chi connectivity index (χ2n) is 13.8. The average molecular weight is 788 g/mol. The standard InChI is InChI=1S/C34H21N3S2.C15H12N2S/c1-20-10-7-17-26-29(20)31-24(15-9-19-28(31)39-26)34-36-32(21-11-3-2-4-12-21)35-33(37-34)23-14-8-18-27-30(23)22-13-5-6-16-25(22)38-27;16-13(10-6-2-1-3-7-10)15-14(17)11-8-4-5-9-12(11)18-15/h2-19H,1H3;1-9,16H,17H2. The molecule has 0 radical (unpaired) electrons. The number of anilines is 1. The number of nitrogen functional groups attached to an aromatic ring is 1. The molecule has 11 rings (SSSR count). The van der Waals surface area contributed by atoms with Gasteiger partial charge in [-0.05, 0) is 42.8 Å². The number of benzene rings is 7. The van der Waals surface area contributed by atoms with Gasteiger partial charge in [0.15, 0.2) is 17.5 Å². The number of rotatable bonds is 5. The van der Waals surface area contributed by atoms with Gasteiger partial charge in [0.25, 0.3) is 0 Å². The lowest BCUT2D eigenvalue weighted by Gasteiger charge is -2.11. The minimum Gasteiger partial charge on any atom is -0.397 e. The highest BCUT2D eigenvalue weighted by molar-refractivity contribution is 7.26. The lowest BCUT2D eigenvalue weighted by molar-refractivity contribution is 1.08. The Morgan fingerprint density at radius 2 is 0.947 bits per heavy atom. The van der Waals surface area contributed by atoms with Crippen LogP contribution in [-0.4, -0.2) is 20.7 Å². The van der Waals surface area contributed by atoms with E-state index in [0.29, 0.717) is 28.9 Å². The number of nitrogens with one attached hydrogen (secondary N) is 1. The summed E-state index contributed by atoms with van der Waals surface area (Å²) in [4.78, 5) is 16.2. The van der Waals surface area contributed by atoms with E-state index in [1.54, 1.807) is 11.3 Å². The van der Waals surface area contributed by atoms with Crippen LogP contribution >= 0.6 is 34.0 Å². The lowest BCUT2D eigenvalue weighted by atomic mass is 10.0. The molecule has 7 aromatic carbocycles. The number of nitrogens with two attached hydrogens (primary N) is 1. The van der Waals surface area contributed by atoms with Crippen LogP contribution in [0.3, 0.4) is 0 Å². The molecule has 5 nitrogen and oxygen atoms in total. The van der Waals surface area contributed by atoms with Gasteiger partial charge in [-0.1, -0.05) is 133 Å². The quantitative estimate of drug-likeness (QED) is 0.170. The summed E-state index contributed by atoms with van der Waals surface area (Å²) in [6.07, 6.45) is 0. The van der Waals surface area contributed by atoms with Gasteiger partial charge >= 0.3 is 0 Å². The Bertz CT molecular complexity index is 3290. The largest absolute Gasteiger partial charge is 0.397 e. The van der Waals surface area contributed by atoms with E-state index in [9.17, 15) is 0 Å². The molecule has 0 saturated heterocycles. The highest BCUT2D eigenvalue weighted by atomic mass is 32.1. The third-order valence-corrected chi connectivity index (χ3v) is 13.7. The summed E-state index contributed by atoms with van der Waals surface area (Å²) in [6, 6.07) is 55.9. The highest BCUT2D eigenvalue weighted by Crippen LogP contribution is 2.43. The van der Waals surface area contributed by atoms with Crippen molar-refractivity contribution in [1.82, 2.24) is 15.0 Å². The molecule has 0 saturated carbocycles. The van der Waals surface area contributed by atoms with Crippen LogP contribution in [0.1, 0.15) is 16.0 Å². The Hall–Kier alpha value is -6.58. The van der Waals surface area contributed by atoms with E-state index in [-0.39, 0.29) is 0 Å². The average Bonchev–Trinajstić information content (AvgIpc) is 3.96. The Morgan fingerprint density at radius 1 is 0.456 bits per heavy atom. The molecule has 8 heteroatoms. The fourth-order valence-electron chi connectivity index (χ4n) is 7.51. The summed E-state index contributed by atoms with van der Waals surface area (Å²) in [6.45, 7) is 2.18. The van der Waals surface area contributed by atoms with Crippen molar-refractivity contribution < 1.29 is 0 Å². The first-order valence-corrected chi connectivity index (χ1v) is 21.0. The molecule has 0 aliphatic carbocycles. The van der Waals surface area contributed by atoms with E-state index in [1.807, 2.05) is 95.5 Å². The van der Waals surface area contributed by atoms with Crippen molar-refractivity contribution in [3.8, 4) is 34.2 Å². The van der Waals surface area contributed by atoms with E-state index in [2.05, 4.69) is 97.9 Å². The molecule has 0 fully saturated rings. The summed E-state index contributed by atoms with van der Waals surface area (Å²) in [5, 5.41) is 14.2. The monoisotopic (exact) mass is 787 g/mol. The number of thiophene rings is 3. The number of fused-ring (bicyclic) bond motifs is 7. The molecule has 4 aromatic heterocycles. The minimum absolute atomic E-state index is 0.495. The molecule has 0 aliphatic heterocycles. The zero-order valence-corrected chi connectivity index (χ0v) is 33.2. The van der Waals surface area contributed by atoms with Crippen molar-refractivity contribution >= 4 is 95.8 Å². The first-order valence-electron chi connectivity index (χ1n) is 18.6. The van der Waals surface area contributed by atoms with Crippen molar-refractivity contribution in [2.75, 3.05) is 5.73 Å². The Labute approximate surface area is 340 Å². The molecule has 4 heterocycles. The maximum atomic E-state index is 8.27. The number of nitrogens with zero attached hydrogens (tertiary/aromatic N) is 3. The molecule has 11 aromatic rings. The van der Waals surface area contributed by atoms with Gasteiger partial charge in [-0.15, -0.1) is 34.0 Å². The van der Waals surface area contributed by atoms with E-state index >= 15 is 0 Å². The number of hydrogen-bond donors (Lipinski definition) is 2. The van der Waals surface area contributed by atoms with Crippen molar-refractivity contribution in [3.05, 3.63) is 180 Å². The fraction of sp³-hybridized carbons (Fsp3) is 0.0204. The van der Waals surface area contributed by atoms with Crippen LogP contribution in [0.25, 0.3) is 84.6 Å². The van der Waals surface area contributed by atoms with Gasteiger partial charge in [-0.2, -0.15) is 0 Å². The minimum atomic E-state index is 0.495. The molecular formula is C49H33N5S3. The van der Waals surface area contributed by atoms with Crippen LogP contribution in [0.2, 0.25) is 0 Å². The van der Waals surface area contributed by atoms with E-state index < -0.39 is 0 Å². The smallest absolute Gasteiger partial charge is 0.164 e. The molecular weight excluding hydrogens is 755 g/mol. The van der Waals surface area contributed by atoms with Crippen molar-refractivity contribution in [1.29, 1.82) is 5.41 Å². The summed E-state index contributed by atoms with van der Waals surface area (Å²) >= 11 is 5.21. The zero-order chi connectivity index (χ0) is 38.5. The maximum absolute atomic E-state index is 8.27. The maximum Gasteiger partial charge on any atom is 0.164 e. The molecule has 0 atom stereocenters.